The third kappa shape index (κ3) is 3.48. The van der Waals surface area contributed by atoms with E-state index in [9.17, 15) is 0 Å². The summed E-state index contributed by atoms with van der Waals surface area (Å²) in [5.41, 5.74) is 1.29. The Hall–Kier alpha value is -2.04. The zero-order valence-electron chi connectivity index (χ0n) is 9.90. The van der Waals surface area contributed by atoms with E-state index in [-0.39, 0.29) is 0 Å². The summed E-state index contributed by atoms with van der Waals surface area (Å²) in [6, 6.07) is 3.99. The molecular formula is C12H17N5. The van der Waals surface area contributed by atoms with Gasteiger partial charge in [0.2, 0.25) is 0 Å². The van der Waals surface area contributed by atoms with Crippen molar-refractivity contribution in [2.75, 3.05) is 23.7 Å². The van der Waals surface area contributed by atoms with Gasteiger partial charge in [-0.05, 0) is 25.0 Å². The topological polar surface area (TPSA) is 65.6 Å². The fourth-order valence-corrected chi connectivity index (χ4v) is 1.58. The summed E-state index contributed by atoms with van der Waals surface area (Å²) in [6.07, 6.45) is 6.48. The molecule has 0 aliphatic rings. The second-order valence-corrected chi connectivity index (χ2v) is 3.71. The first-order valence-electron chi connectivity index (χ1n) is 5.80. The minimum atomic E-state index is 0.853. The smallest absolute Gasteiger partial charge is 0.131 e. The van der Waals surface area contributed by atoms with Gasteiger partial charge < -0.3 is 15.6 Å². The molecule has 0 amide bonds. The first kappa shape index (κ1) is 11.4. The SMILES string of the molecule is CCNc1cc(NCCc2cc[nH]c2)ncn1. The van der Waals surface area contributed by atoms with E-state index in [0.717, 1.165) is 31.1 Å². The van der Waals surface area contributed by atoms with Crippen molar-refractivity contribution in [3.8, 4) is 0 Å². The Kier molecular flexibility index (Phi) is 3.96. The van der Waals surface area contributed by atoms with E-state index in [0.29, 0.717) is 0 Å². The van der Waals surface area contributed by atoms with Crippen LogP contribution in [0.5, 0.6) is 0 Å². The number of hydrogen-bond acceptors (Lipinski definition) is 4. The van der Waals surface area contributed by atoms with E-state index in [2.05, 4.69) is 31.7 Å². The maximum Gasteiger partial charge on any atom is 0.131 e. The molecule has 0 saturated carbocycles. The highest BCUT2D eigenvalue weighted by atomic mass is 15.1. The summed E-state index contributed by atoms with van der Waals surface area (Å²) in [7, 11) is 0. The van der Waals surface area contributed by atoms with Crippen LogP contribution in [0.4, 0.5) is 11.6 Å². The third-order valence-electron chi connectivity index (χ3n) is 2.41. The van der Waals surface area contributed by atoms with Crippen LogP contribution in [0.25, 0.3) is 0 Å². The first-order chi connectivity index (χ1) is 8.38. The van der Waals surface area contributed by atoms with Gasteiger partial charge in [-0.25, -0.2) is 9.97 Å². The van der Waals surface area contributed by atoms with Crippen molar-refractivity contribution in [2.24, 2.45) is 0 Å². The fraction of sp³-hybridized carbons (Fsp3) is 0.333. The van der Waals surface area contributed by atoms with Crippen molar-refractivity contribution in [1.29, 1.82) is 0 Å². The molecule has 0 atom stereocenters. The molecule has 90 valence electrons. The highest BCUT2D eigenvalue weighted by molar-refractivity contribution is 5.46. The highest BCUT2D eigenvalue weighted by Crippen LogP contribution is 2.08. The molecule has 0 aromatic carbocycles. The van der Waals surface area contributed by atoms with Crippen LogP contribution < -0.4 is 10.6 Å². The average Bonchev–Trinajstić information content (AvgIpc) is 2.83. The van der Waals surface area contributed by atoms with Crippen LogP contribution in [-0.2, 0) is 6.42 Å². The lowest BCUT2D eigenvalue weighted by atomic mass is 10.2. The molecule has 5 heteroatoms. The van der Waals surface area contributed by atoms with Crippen molar-refractivity contribution in [2.45, 2.75) is 13.3 Å². The third-order valence-corrected chi connectivity index (χ3v) is 2.41. The molecule has 0 bridgehead atoms. The van der Waals surface area contributed by atoms with Crippen molar-refractivity contribution >= 4 is 11.6 Å². The van der Waals surface area contributed by atoms with Crippen LogP contribution >= 0.6 is 0 Å². The lowest BCUT2D eigenvalue weighted by Crippen LogP contribution is -2.07. The predicted octanol–water partition coefficient (Wildman–Crippen LogP) is 1.89. The van der Waals surface area contributed by atoms with Gasteiger partial charge in [-0.15, -0.1) is 0 Å². The quantitative estimate of drug-likeness (QED) is 0.710. The summed E-state index contributed by atoms with van der Waals surface area (Å²) in [5.74, 6) is 1.71. The molecule has 5 nitrogen and oxygen atoms in total. The molecule has 0 saturated heterocycles. The molecule has 0 unspecified atom stereocenters. The Morgan fingerprint density at radius 1 is 1.24 bits per heavy atom. The Bertz CT molecular complexity index is 438. The summed E-state index contributed by atoms with van der Waals surface area (Å²) in [5, 5.41) is 6.43. The van der Waals surface area contributed by atoms with E-state index in [1.54, 1.807) is 6.33 Å². The van der Waals surface area contributed by atoms with Crippen LogP contribution in [-0.4, -0.2) is 28.0 Å². The van der Waals surface area contributed by atoms with Crippen LogP contribution in [0, 0.1) is 0 Å². The van der Waals surface area contributed by atoms with Crippen molar-refractivity contribution < 1.29 is 0 Å². The minimum absolute atomic E-state index is 0.853. The highest BCUT2D eigenvalue weighted by Gasteiger charge is 1.97. The van der Waals surface area contributed by atoms with Gasteiger partial charge in [-0.3, -0.25) is 0 Å². The molecule has 17 heavy (non-hydrogen) atoms. The molecule has 2 heterocycles. The number of hydrogen-bond donors (Lipinski definition) is 3. The summed E-state index contributed by atoms with van der Waals surface area (Å²) in [6.45, 7) is 3.77. The standard InChI is InChI=1S/C12H17N5/c1-2-14-11-7-12(17-9-16-11)15-6-4-10-3-5-13-8-10/h3,5,7-9,13H,2,4,6H2,1H3,(H2,14,15,16,17). The molecule has 2 aromatic rings. The van der Waals surface area contributed by atoms with E-state index in [1.165, 1.54) is 5.56 Å². The van der Waals surface area contributed by atoms with Gasteiger partial charge in [0.25, 0.3) is 0 Å². The summed E-state index contributed by atoms with van der Waals surface area (Å²) < 4.78 is 0. The van der Waals surface area contributed by atoms with Crippen LogP contribution in [0.1, 0.15) is 12.5 Å². The Morgan fingerprint density at radius 2 is 2.06 bits per heavy atom. The number of rotatable bonds is 6. The largest absolute Gasteiger partial charge is 0.370 e. The molecule has 0 aliphatic heterocycles. The number of nitrogens with zero attached hydrogens (tertiary/aromatic N) is 2. The van der Waals surface area contributed by atoms with Gasteiger partial charge in [0, 0.05) is 31.5 Å². The maximum atomic E-state index is 4.17. The van der Waals surface area contributed by atoms with E-state index in [4.69, 9.17) is 0 Å². The summed E-state index contributed by atoms with van der Waals surface area (Å²) in [4.78, 5) is 11.3. The number of aromatic nitrogens is 3. The van der Waals surface area contributed by atoms with E-state index < -0.39 is 0 Å². The molecule has 0 spiro atoms. The average molecular weight is 231 g/mol. The minimum Gasteiger partial charge on any atom is -0.370 e. The van der Waals surface area contributed by atoms with Gasteiger partial charge in [0.15, 0.2) is 0 Å². The lowest BCUT2D eigenvalue weighted by molar-refractivity contribution is 0.999. The number of nitrogens with one attached hydrogen (secondary N) is 3. The van der Waals surface area contributed by atoms with Crippen molar-refractivity contribution in [3.05, 3.63) is 36.4 Å². The fourth-order valence-electron chi connectivity index (χ4n) is 1.58. The molecule has 0 aliphatic carbocycles. The number of H-pyrrole nitrogens is 1. The van der Waals surface area contributed by atoms with E-state index in [1.807, 2.05) is 25.4 Å². The zero-order valence-corrected chi connectivity index (χ0v) is 9.90. The summed E-state index contributed by atoms with van der Waals surface area (Å²) >= 11 is 0. The molecule has 0 radical (unpaired) electrons. The molecule has 2 rings (SSSR count). The molecule has 3 N–H and O–H groups in total. The van der Waals surface area contributed by atoms with Gasteiger partial charge in [-0.1, -0.05) is 0 Å². The maximum absolute atomic E-state index is 4.17. The van der Waals surface area contributed by atoms with Gasteiger partial charge >= 0.3 is 0 Å². The monoisotopic (exact) mass is 231 g/mol. The van der Waals surface area contributed by atoms with Gasteiger partial charge in [0.1, 0.15) is 18.0 Å². The van der Waals surface area contributed by atoms with Crippen LogP contribution in [0.3, 0.4) is 0 Å². The van der Waals surface area contributed by atoms with Gasteiger partial charge in [-0.2, -0.15) is 0 Å². The molecule has 0 fully saturated rings. The van der Waals surface area contributed by atoms with Gasteiger partial charge in [0.05, 0.1) is 0 Å². The van der Waals surface area contributed by atoms with Crippen LogP contribution in [0.15, 0.2) is 30.9 Å². The second-order valence-electron chi connectivity index (χ2n) is 3.71. The zero-order chi connectivity index (χ0) is 11.9. The Morgan fingerprint density at radius 3 is 2.76 bits per heavy atom. The first-order valence-corrected chi connectivity index (χ1v) is 5.80. The normalized spacial score (nSPS) is 10.2. The molecule has 2 aromatic heterocycles. The Labute approximate surface area is 101 Å². The van der Waals surface area contributed by atoms with E-state index >= 15 is 0 Å². The second kappa shape index (κ2) is 5.89. The lowest BCUT2D eigenvalue weighted by Gasteiger charge is -2.06. The van der Waals surface area contributed by atoms with Crippen molar-refractivity contribution in [3.63, 3.8) is 0 Å². The van der Waals surface area contributed by atoms with Crippen molar-refractivity contribution in [1.82, 2.24) is 15.0 Å². The number of anilines is 2. The predicted molar refractivity (Wildman–Crippen MR) is 69.2 cm³/mol. The molecular weight excluding hydrogens is 214 g/mol. The van der Waals surface area contributed by atoms with Crippen LogP contribution in [0.2, 0.25) is 0 Å². The Balaban J connectivity index is 1.84. The number of aromatic amines is 1.